The van der Waals surface area contributed by atoms with Gasteiger partial charge in [-0.2, -0.15) is 0 Å². The van der Waals surface area contributed by atoms with Crippen LogP contribution in [0.15, 0.2) is 18.3 Å². The molecule has 0 amide bonds. The molecule has 1 aliphatic carbocycles. The lowest BCUT2D eigenvalue weighted by atomic mass is 9.78. The normalized spacial score (nSPS) is 22.6. The van der Waals surface area contributed by atoms with Gasteiger partial charge >= 0.3 is 0 Å². The molecule has 0 bridgehead atoms. The van der Waals surface area contributed by atoms with Crippen LogP contribution in [0, 0.1) is 5.92 Å². The zero-order valence-corrected chi connectivity index (χ0v) is 12.7. The minimum absolute atomic E-state index is 0.656. The molecule has 0 spiro atoms. The predicted molar refractivity (Wildman–Crippen MR) is 82.8 cm³/mol. The smallest absolute Gasteiger partial charge is 0.120 e. The zero-order chi connectivity index (χ0) is 14.2. The molecule has 0 aliphatic heterocycles. The maximum absolute atomic E-state index is 10.3. The van der Waals surface area contributed by atoms with Crippen LogP contribution in [0.5, 0.6) is 0 Å². The number of pyridine rings is 1. The van der Waals surface area contributed by atoms with Gasteiger partial charge in [-0.05, 0) is 56.1 Å². The van der Waals surface area contributed by atoms with Crippen LogP contribution in [0.4, 0.5) is 0 Å². The average Bonchev–Trinajstić information content (AvgIpc) is 2.49. The lowest BCUT2D eigenvalue weighted by molar-refractivity contribution is -0.107. The maximum atomic E-state index is 10.3. The Morgan fingerprint density at radius 1 is 1.25 bits per heavy atom. The van der Waals surface area contributed by atoms with Gasteiger partial charge in [0.25, 0.3) is 0 Å². The van der Waals surface area contributed by atoms with Crippen molar-refractivity contribution in [2.45, 2.75) is 70.6 Å². The second-order valence-electron chi connectivity index (χ2n) is 6.16. The first-order chi connectivity index (χ1) is 9.83. The van der Waals surface area contributed by atoms with Crippen molar-refractivity contribution in [1.82, 2.24) is 4.98 Å². The van der Waals surface area contributed by atoms with E-state index in [2.05, 4.69) is 24.0 Å². The molecule has 0 atom stereocenters. The molecule has 0 aromatic carbocycles. The van der Waals surface area contributed by atoms with E-state index in [9.17, 15) is 4.79 Å². The van der Waals surface area contributed by atoms with Crippen molar-refractivity contribution in [3.8, 4) is 0 Å². The molecular weight excluding hydrogens is 246 g/mol. The summed E-state index contributed by atoms with van der Waals surface area (Å²) in [5.41, 5.74) is 2.54. The van der Waals surface area contributed by atoms with E-state index in [1.54, 1.807) is 0 Å². The number of hydrogen-bond acceptors (Lipinski definition) is 2. The lowest BCUT2D eigenvalue weighted by Crippen LogP contribution is -2.14. The van der Waals surface area contributed by atoms with Gasteiger partial charge < -0.3 is 4.79 Å². The number of nitrogens with zero attached hydrogens (tertiary/aromatic N) is 1. The Hall–Kier alpha value is -1.18. The molecule has 1 fully saturated rings. The first-order valence-corrected chi connectivity index (χ1v) is 8.22. The second-order valence-corrected chi connectivity index (χ2v) is 6.16. The predicted octanol–water partition coefficient (Wildman–Crippen LogP) is 4.68. The number of carbonyl (C=O) groups is 1. The van der Waals surface area contributed by atoms with Crippen LogP contribution >= 0.6 is 0 Å². The first-order valence-electron chi connectivity index (χ1n) is 8.22. The number of carbonyl (C=O) groups excluding carboxylic acids is 1. The minimum Gasteiger partial charge on any atom is -0.303 e. The Balaban J connectivity index is 1.83. The molecule has 1 saturated carbocycles. The van der Waals surface area contributed by atoms with Crippen LogP contribution in [0.1, 0.15) is 75.5 Å². The molecule has 0 radical (unpaired) electrons. The summed E-state index contributed by atoms with van der Waals surface area (Å²) < 4.78 is 0. The van der Waals surface area contributed by atoms with Crippen LogP contribution in [0.2, 0.25) is 0 Å². The van der Waals surface area contributed by atoms with Crippen LogP contribution in [-0.2, 0) is 11.2 Å². The van der Waals surface area contributed by atoms with E-state index in [1.165, 1.54) is 49.8 Å². The number of aldehydes is 1. The number of hydrogen-bond donors (Lipinski definition) is 0. The molecule has 2 nitrogen and oxygen atoms in total. The summed E-state index contributed by atoms with van der Waals surface area (Å²) in [4.78, 5) is 15.0. The highest BCUT2D eigenvalue weighted by atomic mass is 16.1. The molecule has 1 aromatic rings. The van der Waals surface area contributed by atoms with Crippen molar-refractivity contribution in [3.05, 3.63) is 29.6 Å². The standard InChI is InChI=1S/C18H27NO/c1-2-5-15-7-10-17(11-8-15)18-12-9-16(14-19-18)6-3-4-13-20/h9,12-15,17H,2-8,10-11H2,1H3. The maximum Gasteiger partial charge on any atom is 0.120 e. The Kier molecular flexibility index (Phi) is 6.23. The molecular formula is C18H27NO. The van der Waals surface area contributed by atoms with Gasteiger partial charge in [0.05, 0.1) is 0 Å². The molecule has 2 heteroatoms. The van der Waals surface area contributed by atoms with Gasteiger partial charge in [0, 0.05) is 24.2 Å². The van der Waals surface area contributed by atoms with E-state index in [1.807, 2.05) is 6.20 Å². The molecule has 1 aromatic heterocycles. The van der Waals surface area contributed by atoms with Gasteiger partial charge in [-0.15, -0.1) is 0 Å². The van der Waals surface area contributed by atoms with Crippen molar-refractivity contribution in [3.63, 3.8) is 0 Å². The molecule has 0 N–H and O–H groups in total. The van der Waals surface area contributed by atoms with Crippen molar-refractivity contribution >= 4 is 6.29 Å². The van der Waals surface area contributed by atoms with Crippen LogP contribution in [0.25, 0.3) is 0 Å². The second kappa shape index (κ2) is 8.18. The van der Waals surface area contributed by atoms with Gasteiger partial charge in [0.1, 0.15) is 6.29 Å². The van der Waals surface area contributed by atoms with Gasteiger partial charge in [-0.1, -0.05) is 25.8 Å². The van der Waals surface area contributed by atoms with E-state index in [-0.39, 0.29) is 0 Å². The van der Waals surface area contributed by atoms with Crippen molar-refractivity contribution in [2.75, 3.05) is 0 Å². The van der Waals surface area contributed by atoms with E-state index in [0.717, 1.165) is 25.0 Å². The summed E-state index contributed by atoms with van der Waals surface area (Å²) in [5.74, 6) is 1.63. The van der Waals surface area contributed by atoms with Gasteiger partial charge in [-0.25, -0.2) is 0 Å². The topological polar surface area (TPSA) is 30.0 Å². The number of aromatic nitrogens is 1. The molecule has 0 saturated heterocycles. The third-order valence-corrected chi connectivity index (χ3v) is 4.60. The number of rotatable bonds is 7. The number of aryl methyl sites for hydroxylation is 1. The number of unbranched alkanes of at least 4 members (excludes halogenated alkanes) is 1. The Labute approximate surface area is 123 Å². The fraction of sp³-hybridized carbons (Fsp3) is 0.667. The fourth-order valence-electron chi connectivity index (χ4n) is 3.37. The Bertz CT molecular complexity index is 390. The SMILES string of the molecule is CCCC1CCC(c2ccc(CCCC=O)cn2)CC1. The monoisotopic (exact) mass is 273 g/mol. The quantitative estimate of drug-likeness (QED) is 0.533. The largest absolute Gasteiger partial charge is 0.303 e. The average molecular weight is 273 g/mol. The Morgan fingerprint density at radius 2 is 2.05 bits per heavy atom. The van der Waals surface area contributed by atoms with Crippen LogP contribution < -0.4 is 0 Å². The third kappa shape index (κ3) is 4.43. The molecule has 0 unspecified atom stereocenters. The summed E-state index contributed by atoms with van der Waals surface area (Å²) in [7, 11) is 0. The third-order valence-electron chi connectivity index (χ3n) is 4.60. The van der Waals surface area contributed by atoms with Crippen molar-refractivity contribution < 1.29 is 4.79 Å². The lowest BCUT2D eigenvalue weighted by Gasteiger charge is -2.28. The molecule has 1 aliphatic rings. The van der Waals surface area contributed by atoms with E-state index in [0.29, 0.717) is 12.3 Å². The fourth-order valence-corrected chi connectivity index (χ4v) is 3.37. The summed E-state index contributed by atoms with van der Waals surface area (Å²) in [5, 5.41) is 0. The van der Waals surface area contributed by atoms with E-state index in [4.69, 9.17) is 0 Å². The Morgan fingerprint density at radius 3 is 2.65 bits per heavy atom. The highest BCUT2D eigenvalue weighted by Gasteiger charge is 2.22. The van der Waals surface area contributed by atoms with Crippen LogP contribution in [-0.4, -0.2) is 11.3 Å². The summed E-state index contributed by atoms with van der Waals surface area (Å²) >= 11 is 0. The zero-order valence-electron chi connectivity index (χ0n) is 12.7. The van der Waals surface area contributed by atoms with E-state index >= 15 is 0 Å². The van der Waals surface area contributed by atoms with Crippen LogP contribution in [0.3, 0.4) is 0 Å². The summed E-state index contributed by atoms with van der Waals surface area (Å²) in [6.45, 7) is 2.29. The van der Waals surface area contributed by atoms with Gasteiger partial charge in [0.2, 0.25) is 0 Å². The van der Waals surface area contributed by atoms with Crippen molar-refractivity contribution in [2.24, 2.45) is 5.92 Å². The molecule has 110 valence electrons. The molecule has 2 rings (SSSR count). The van der Waals surface area contributed by atoms with E-state index < -0.39 is 0 Å². The molecule has 20 heavy (non-hydrogen) atoms. The first kappa shape index (κ1) is 15.2. The highest BCUT2D eigenvalue weighted by Crippen LogP contribution is 2.36. The van der Waals surface area contributed by atoms with Gasteiger partial charge in [-0.3, -0.25) is 4.98 Å². The van der Waals surface area contributed by atoms with Gasteiger partial charge in [0.15, 0.2) is 0 Å². The summed E-state index contributed by atoms with van der Waals surface area (Å²) in [6.07, 6.45) is 13.7. The minimum atomic E-state index is 0.656. The highest BCUT2D eigenvalue weighted by molar-refractivity contribution is 5.49. The molecule has 1 heterocycles. The summed E-state index contributed by atoms with van der Waals surface area (Å²) in [6, 6.07) is 4.41. The van der Waals surface area contributed by atoms with Crippen molar-refractivity contribution in [1.29, 1.82) is 0 Å².